The second-order valence-corrected chi connectivity index (χ2v) is 11.3. The van der Waals surface area contributed by atoms with Crippen molar-refractivity contribution in [1.82, 2.24) is 9.80 Å². The molecule has 1 aliphatic heterocycles. The largest absolute Gasteiger partial charge is 0.339 e. The standard InChI is InChI=1S/C14H24Cl2N2O6S2/c15-3-11-25(21,22)9-1-13(19)17-5-7-18(8-6-17)14(20)2-10-26(23,24)12-4-16/h1-12H2. The van der Waals surface area contributed by atoms with Crippen LogP contribution in [0.25, 0.3) is 0 Å². The lowest BCUT2D eigenvalue weighted by Crippen LogP contribution is -2.51. The van der Waals surface area contributed by atoms with Crippen LogP contribution >= 0.6 is 23.2 Å². The summed E-state index contributed by atoms with van der Waals surface area (Å²) < 4.78 is 46.4. The molecule has 0 aliphatic carbocycles. The van der Waals surface area contributed by atoms with E-state index in [1.807, 2.05) is 0 Å². The zero-order chi connectivity index (χ0) is 19.8. The van der Waals surface area contributed by atoms with Crippen molar-refractivity contribution in [3.63, 3.8) is 0 Å². The van der Waals surface area contributed by atoms with Crippen molar-refractivity contribution in [2.75, 3.05) is 61.0 Å². The van der Waals surface area contributed by atoms with Crippen LogP contribution in [0.1, 0.15) is 12.8 Å². The Morgan fingerprint density at radius 2 is 0.962 bits per heavy atom. The molecule has 26 heavy (non-hydrogen) atoms. The first kappa shape index (κ1) is 23.5. The zero-order valence-corrected chi connectivity index (χ0v) is 17.5. The van der Waals surface area contributed by atoms with Gasteiger partial charge in [-0.3, -0.25) is 9.59 Å². The van der Waals surface area contributed by atoms with Gasteiger partial charge in [0, 0.05) is 50.8 Å². The fourth-order valence-corrected chi connectivity index (χ4v) is 5.71. The summed E-state index contributed by atoms with van der Waals surface area (Å²) in [6, 6.07) is 0. The molecule has 0 saturated carbocycles. The van der Waals surface area contributed by atoms with Crippen LogP contribution in [-0.4, -0.2) is 99.4 Å². The molecular weight excluding hydrogens is 427 g/mol. The minimum Gasteiger partial charge on any atom is -0.339 e. The van der Waals surface area contributed by atoms with E-state index in [1.165, 1.54) is 9.80 Å². The summed E-state index contributed by atoms with van der Waals surface area (Å²) in [6.45, 7) is 1.20. The number of carbonyl (C=O) groups excluding carboxylic acids is 2. The number of piperazine rings is 1. The SMILES string of the molecule is O=C(CCS(=O)(=O)CCCl)N1CCN(C(=O)CCS(=O)(=O)CCCl)CC1. The molecule has 0 aromatic heterocycles. The molecule has 12 heteroatoms. The van der Waals surface area contributed by atoms with Gasteiger partial charge in [-0.25, -0.2) is 16.8 Å². The predicted molar refractivity (Wildman–Crippen MR) is 101 cm³/mol. The van der Waals surface area contributed by atoms with Gasteiger partial charge in [-0.15, -0.1) is 23.2 Å². The molecule has 0 aromatic rings. The first-order valence-electron chi connectivity index (χ1n) is 8.18. The van der Waals surface area contributed by atoms with Crippen molar-refractivity contribution in [3.8, 4) is 0 Å². The second kappa shape index (κ2) is 10.7. The first-order chi connectivity index (χ1) is 12.1. The molecule has 1 saturated heterocycles. The van der Waals surface area contributed by atoms with Crippen molar-refractivity contribution in [2.45, 2.75) is 12.8 Å². The fourth-order valence-electron chi connectivity index (χ4n) is 2.45. The molecule has 0 aromatic carbocycles. The smallest absolute Gasteiger partial charge is 0.223 e. The Morgan fingerprint density at radius 3 is 1.23 bits per heavy atom. The highest BCUT2D eigenvalue weighted by Crippen LogP contribution is 2.08. The number of alkyl halides is 2. The van der Waals surface area contributed by atoms with Gasteiger partial charge in [0.1, 0.15) is 0 Å². The number of carbonyl (C=O) groups is 2. The summed E-state index contributed by atoms with van der Waals surface area (Å²) in [5.74, 6) is -1.35. The van der Waals surface area contributed by atoms with Gasteiger partial charge in [-0.1, -0.05) is 0 Å². The molecule has 1 fully saturated rings. The number of sulfone groups is 2. The number of nitrogens with zero attached hydrogens (tertiary/aromatic N) is 2. The third-order valence-corrected chi connectivity index (χ3v) is 8.15. The summed E-state index contributed by atoms with van der Waals surface area (Å²) in [5.41, 5.74) is 0. The molecule has 8 nitrogen and oxygen atoms in total. The summed E-state index contributed by atoms with van der Waals surface area (Å²) >= 11 is 10.8. The Labute approximate surface area is 164 Å². The van der Waals surface area contributed by atoms with E-state index in [4.69, 9.17) is 23.2 Å². The van der Waals surface area contributed by atoms with E-state index in [0.29, 0.717) is 26.2 Å². The Hall–Kier alpha value is -0.580. The molecule has 1 aliphatic rings. The Bertz CT molecular complexity index is 628. The highest BCUT2D eigenvalue weighted by atomic mass is 35.5. The number of amides is 2. The minimum atomic E-state index is -3.33. The van der Waals surface area contributed by atoms with E-state index >= 15 is 0 Å². The molecule has 0 atom stereocenters. The summed E-state index contributed by atoms with van der Waals surface area (Å²) in [7, 11) is -6.65. The normalized spacial score (nSPS) is 15.9. The third kappa shape index (κ3) is 8.41. The molecule has 0 radical (unpaired) electrons. The number of hydrogen-bond donors (Lipinski definition) is 0. The van der Waals surface area contributed by atoms with Crippen LogP contribution in [-0.2, 0) is 29.3 Å². The van der Waals surface area contributed by atoms with Gasteiger partial charge >= 0.3 is 0 Å². The van der Waals surface area contributed by atoms with E-state index in [1.54, 1.807) is 0 Å². The van der Waals surface area contributed by atoms with Gasteiger partial charge < -0.3 is 9.80 Å². The lowest BCUT2D eigenvalue weighted by molar-refractivity contribution is -0.139. The molecule has 0 bridgehead atoms. The van der Waals surface area contributed by atoms with Crippen molar-refractivity contribution in [2.24, 2.45) is 0 Å². The zero-order valence-electron chi connectivity index (χ0n) is 14.4. The van der Waals surface area contributed by atoms with E-state index in [-0.39, 0.29) is 59.4 Å². The van der Waals surface area contributed by atoms with Crippen LogP contribution in [0.3, 0.4) is 0 Å². The Kier molecular flexibility index (Phi) is 9.63. The maximum Gasteiger partial charge on any atom is 0.223 e. The van der Waals surface area contributed by atoms with Gasteiger partial charge in [-0.2, -0.15) is 0 Å². The van der Waals surface area contributed by atoms with E-state index in [9.17, 15) is 26.4 Å². The van der Waals surface area contributed by atoms with Crippen molar-refractivity contribution in [1.29, 1.82) is 0 Å². The third-order valence-electron chi connectivity index (χ3n) is 4.02. The average Bonchev–Trinajstić information content (AvgIpc) is 2.58. The molecule has 0 unspecified atom stereocenters. The van der Waals surface area contributed by atoms with Crippen LogP contribution in [0.2, 0.25) is 0 Å². The lowest BCUT2D eigenvalue weighted by atomic mass is 10.2. The monoisotopic (exact) mass is 450 g/mol. The molecule has 152 valence electrons. The number of halogens is 2. The van der Waals surface area contributed by atoms with Crippen LogP contribution in [0.4, 0.5) is 0 Å². The van der Waals surface area contributed by atoms with Gasteiger partial charge in [0.25, 0.3) is 0 Å². The maximum atomic E-state index is 12.1. The van der Waals surface area contributed by atoms with Crippen molar-refractivity contribution < 1.29 is 26.4 Å². The number of rotatable bonds is 10. The molecule has 2 amide bonds. The van der Waals surface area contributed by atoms with E-state index in [0.717, 1.165) is 0 Å². The molecule has 1 heterocycles. The first-order valence-corrected chi connectivity index (χ1v) is 12.9. The van der Waals surface area contributed by atoms with Crippen LogP contribution < -0.4 is 0 Å². The Balaban J connectivity index is 2.39. The lowest BCUT2D eigenvalue weighted by Gasteiger charge is -2.35. The topological polar surface area (TPSA) is 109 Å². The summed E-state index contributed by atoms with van der Waals surface area (Å²) in [4.78, 5) is 27.2. The van der Waals surface area contributed by atoms with Gasteiger partial charge in [-0.05, 0) is 0 Å². The highest BCUT2D eigenvalue weighted by molar-refractivity contribution is 7.91. The van der Waals surface area contributed by atoms with Crippen molar-refractivity contribution in [3.05, 3.63) is 0 Å². The molecule has 1 rings (SSSR count). The summed E-state index contributed by atoms with van der Waals surface area (Å²) in [6.07, 6.45) is -0.215. The quantitative estimate of drug-likeness (QED) is 0.424. The van der Waals surface area contributed by atoms with Gasteiger partial charge in [0.05, 0.1) is 23.0 Å². The average molecular weight is 451 g/mol. The predicted octanol–water partition coefficient (Wildman–Crippen LogP) is -0.255. The van der Waals surface area contributed by atoms with Crippen LogP contribution in [0, 0.1) is 0 Å². The van der Waals surface area contributed by atoms with Crippen LogP contribution in [0.15, 0.2) is 0 Å². The molecule has 0 spiro atoms. The van der Waals surface area contributed by atoms with Crippen molar-refractivity contribution >= 4 is 54.7 Å². The fraction of sp³-hybridized carbons (Fsp3) is 0.857. The molecule has 0 N–H and O–H groups in total. The maximum absolute atomic E-state index is 12.1. The summed E-state index contributed by atoms with van der Waals surface area (Å²) in [5, 5.41) is 0. The second-order valence-electron chi connectivity index (χ2n) is 5.94. The minimum absolute atomic E-state index is 0.00206. The van der Waals surface area contributed by atoms with E-state index in [2.05, 4.69) is 0 Å². The van der Waals surface area contributed by atoms with Gasteiger partial charge in [0.2, 0.25) is 11.8 Å². The Morgan fingerprint density at radius 1 is 0.654 bits per heavy atom. The van der Waals surface area contributed by atoms with Crippen LogP contribution in [0.5, 0.6) is 0 Å². The van der Waals surface area contributed by atoms with E-state index < -0.39 is 19.7 Å². The molecular formula is C14H24Cl2N2O6S2. The van der Waals surface area contributed by atoms with Gasteiger partial charge in [0.15, 0.2) is 19.7 Å². The highest BCUT2D eigenvalue weighted by Gasteiger charge is 2.25. The number of hydrogen-bond acceptors (Lipinski definition) is 6.